The highest BCUT2D eigenvalue weighted by Gasteiger charge is 2.20. The minimum Gasteiger partial charge on any atom is -0.381 e. The van der Waals surface area contributed by atoms with Crippen LogP contribution in [-0.2, 0) is 17.6 Å². The van der Waals surface area contributed by atoms with Crippen molar-refractivity contribution in [2.75, 3.05) is 13.2 Å². The summed E-state index contributed by atoms with van der Waals surface area (Å²) in [5.74, 6) is 0.553. The molecule has 0 bridgehead atoms. The average Bonchev–Trinajstić information content (AvgIpc) is 2.93. The predicted octanol–water partition coefficient (Wildman–Crippen LogP) is 3.16. The second-order valence-corrected chi connectivity index (χ2v) is 6.23. The lowest BCUT2D eigenvalue weighted by atomic mass is 9.96. The van der Waals surface area contributed by atoms with Crippen molar-refractivity contribution in [2.45, 2.75) is 44.4 Å². The SMILES string of the molecule is S=c1c2c(nc3cc(C4CCOCC4)[nH]n13)CCCC2. The van der Waals surface area contributed by atoms with Gasteiger partial charge in [-0.25, -0.2) is 9.50 Å². The van der Waals surface area contributed by atoms with Gasteiger partial charge in [0, 0.05) is 42.1 Å². The molecule has 4 nitrogen and oxygen atoms in total. The smallest absolute Gasteiger partial charge is 0.154 e. The summed E-state index contributed by atoms with van der Waals surface area (Å²) in [7, 11) is 0. The van der Waals surface area contributed by atoms with Gasteiger partial charge >= 0.3 is 0 Å². The van der Waals surface area contributed by atoms with Gasteiger partial charge in [-0.15, -0.1) is 0 Å². The topological polar surface area (TPSA) is 42.3 Å². The number of nitrogens with zero attached hydrogens (tertiary/aromatic N) is 2. The van der Waals surface area contributed by atoms with Gasteiger partial charge in [-0.05, 0) is 38.5 Å². The van der Waals surface area contributed by atoms with E-state index >= 15 is 0 Å². The normalized spacial score (nSPS) is 20.2. The van der Waals surface area contributed by atoms with Crippen LogP contribution in [0.5, 0.6) is 0 Å². The molecule has 5 heteroatoms. The van der Waals surface area contributed by atoms with E-state index < -0.39 is 0 Å². The maximum atomic E-state index is 5.66. The highest BCUT2D eigenvalue weighted by molar-refractivity contribution is 7.71. The molecule has 1 saturated heterocycles. The average molecular weight is 289 g/mol. The number of rotatable bonds is 1. The van der Waals surface area contributed by atoms with Crippen molar-refractivity contribution in [1.82, 2.24) is 14.6 Å². The van der Waals surface area contributed by atoms with E-state index in [9.17, 15) is 0 Å². The third-order valence-corrected chi connectivity index (χ3v) is 4.99. The highest BCUT2D eigenvalue weighted by atomic mass is 32.1. The van der Waals surface area contributed by atoms with Crippen molar-refractivity contribution >= 4 is 17.9 Å². The number of fused-ring (bicyclic) bond motifs is 2. The Morgan fingerprint density at radius 3 is 2.90 bits per heavy atom. The molecule has 0 atom stereocenters. The van der Waals surface area contributed by atoms with E-state index in [0.717, 1.165) is 49.2 Å². The molecule has 1 aliphatic carbocycles. The summed E-state index contributed by atoms with van der Waals surface area (Å²) >= 11 is 5.66. The number of nitrogens with one attached hydrogen (secondary N) is 1. The summed E-state index contributed by atoms with van der Waals surface area (Å²) in [5, 5.41) is 3.48. The van der Waals surface area contributed by atoms with E-state index in [0.29, 0.717) is 5.92 Å². The second kappa shape index (κ2) is 4.97. The number of aromatic nitrogens is 3. The zero-order valence-electron chi connectivity index (χ0n) is 11.5. The van der Waals surface area contributed by atoms with E-state index in [2.05, 4.69) is 11.2 Å². The van der Waals surface area contributed by atoms with Gasteiger partial charge in [-0.1, -0.05) is 12.2 Å². The fourth-order valence-electron chi connectivity index (χ4n) is 3.39. The van der Waals surface area contributed by atoms with E-state index in [1.54, 1.807) is 0 Å². The highest BCUT2D eigenvalue weighted by Crippen LogP contribution is 2.28. The Morgan fingerprint density at radius 2 is 2.05 bits per heavy atom. The first-order valence-electron chi connectivity index (χ1n) is 7.54. The summed E-state index contributed by atoms with van der Waals surface area (Å²) in [6, 6.07) is 2.18. The van der Waals surface area contributed by atoms with Crippen LogP contribution in [-0.4, -0.2) is 27.8 Å². The Hall–Kier alpha value is -1.20. The molecule has 0 unspecified atom stereocenters. The van der Waals surface area contributed by atoms with Crippen LogP contribution < -0.4 is 0 Å². The van der Waals surface area contributed by atoms with Crippen LogP contribution in [0.3, 0.4) is 0 Å². The number of hydrogen-bond acceptors (Lipinski definition) is 3. The van der Waals surface area contributed by atoms with Crippen molar-refractivity contribution in [2.24, 2.45) is 0 Å². The van der Waals surface area contributed by atoms with Gasteiger partial charge in [0.05, 0.1) is 0 Å². The maximum absolute atomic E-state index is 5.66. The van der Waals surface area contributed by atoms with Crippen LogP contribution in [0.4, 0.5) is 0 Å². The lowest BCUT2D eigenvalue weighted by Gasteiger charge is -2.20. The molecule has 1 aliphatic heterocycles. The molecule has 2 aromatic heterocycles. The van der Waals surface area contributed by atoms with E-state index in [1.165, 1.54) is 29.8 Å². The van der Waals surface area contributed by atoms with Gasteiger partial charge < -0.3 is 4.74 Å². The Balaban J connectivity index is 1.82. The molecule has 4 rings (SSSR count). The largest absolute Gasteiger partial charge is 0.381 e. The first-order chi connectivity index (χ1) is 9.83. The quantitative estimate of drug-likeness (QED) is 0.820. The standard InChI is InChI=1S/C15H19N3OS/c20-15-11-3-1-2-4-12(11)16-14-9-13(17-18(14)15)10-5-7-19-8-6-10/h9-10,17H,1-8H2. The first kappa shape index (κ1) is 12.5. The molecule has 20 heavy (non-hydrogen) atoms. The maximum Gasteiger partial charge on any atom is 0.154 e. The van der Waals surface area contributed by atoms with E-state index in [4.69, 9.17) is 21.9 Å². The van der Waals surface area contributed by atoms with E-state index in [-0.39, 0.29) is 0 Å². The molecule has 106 valence electrons. The zero-order chi connectivity index (χ0) is 13.5. The molecule has 1 fully saturated rings. The summed E-state index contributed by atoms with van der Waals surface area (Å²) in [4.78, 5) is 4.83. The molecule has 2 aromatic rings. The number of ether oxygens (including phenoxy) is 1. The van der Waals surface area contributed by atoms with Crippen molar-refractivity contribution in [1.29, 1.82) is 0 Å². The molecule has 0 aromatic carbocycles. The van der Waals surface area contributed by atoms with Gasteiger partial charge in [-0.3, -0.25) is 5.10 Å². The number of aromatic amines is 1. The van der Waals surface area contributed by atoms with Crippen LogP contribution >= 0.6 is 12.2 Å². The number of H-pyrrole nitrogens is 1. The fraction of sp³-hybridized carbons (Fsp3) is 0.600. The summed E-state index contributed by atoms with van der Waals surface area (Å²) in [5.41, 5.74) is 4.74. The second-order valence-electron chi connectivity index (χ2n) is 5.84. The molecular weight excluding hydrogens is 270 g/mol. The molecule has 0 radical (unpaired) electrons. The van der Waals surface area contributed by atoms with Gasteiger partial charge in [0.15, 0.2) is 5.65 Å². The van der Waals surface area contributed by atoms with E-state index in [1.807, 2.05) is 4.52 Å². The number of aryl methyl sites for hydroxylation is 1. The van der Waals surface area contributed by atoms with Crippen LogP contribution in [0, 0.1) is 4.64 Å². The molecule has 0 amide bonds. The van der Waals surface area contributed by atoms with Crippen LogP contribution in [0.2, 0.25) is 0 Å². The molecule has 1 N–H and O–H groups in total. The van der Waals surface area contributed by atoms with Crippen LogP contribution in [0.15, 0.2) is 6.07 Å². The predicted molar refractivity (Wildman–Crippen MR) is 79.8 cm³/mol. The van der Waals surface area contributed by atoms with Crippen LogP contribution in [0.25, 0.3) is 5.65 Å². The Labute approximate surface area is 123 Å². The lowest BCUT2D eigenvalue weighted by molar-refractivity contribution is 0.0844. The zero-order valence-corrected chi connectivity index (χ0v) is 12.3. The van der Waals surface area contributed by atoms with Crippen molar-refractivity contribution in [3.63, 3.8) is 0 Å². The van der Waals surface area contributed by atoms with Gasteiger partial charge in [-0.2, -0.15) is 0 Å². The molecular formula is C15H19N3OS. The van der Waals surface area contributed by atoms with Crippen LogP contribution in [0.1, 0.15) is 48.6 Å². The van der Waals surface area contributed by atoms with Crippen molar-refractivity contribution in [3.8, 4) is 0 Å². The minimum absolute atomic E-state index is 0.553. The minimum atomic E-state index is 0.553. The van der Waals surface area contributed by atoms with Gasteiger partial charge in [0.1, 0.15) is 4.64 Å². The lowest BCUT2D eigenvalue weighted by Crippen LogP contribution is -2.14. The fourth-order valence-corrected chi connectivity index (χ4v) is 3.75. The monoisotopic (exact) mass is 289 g/mol. The van der Waals surface area contributed by atoms with Crippen molar-refractivity contribution in [3.05, 3.63) is 27.7 Å². The molecule has 3 heterocycles. The van der Waals surface area contributed by atoms with Gasteiger partial charge in [0.2, 0.25) is 0 Å². The first-order valence-corrected chi connectivity index (χ1v) is 7.95. The Morgan fingerprint density at radius 1 is 1.25 bits per heavy atom. The third-order valence-electron chi connectivity index (χ3n) is 4.57. The Kier molecular flexibility index (Phi) is 3.11. The van der Waals surface area contributed by atoms with Gasteiger partial charge in [0.25, 0.3) is 0 Å². The summed E-state index contributed by atoms with van der Waals surface area (Å²) < 4.78 is 8.38. The number of hydrogen-bond donors (Lipinski definition) is 1. The summed E-state index contributed by atoms with van der Waals surface area (Å²) in [6.07, 6.45) is 6.79. The molecule has 2 aliphatic rings. The third kappa shape index (κ3) is 2.00. The van der Waals surface area contributed by atoms with Crippen molar-refractivity contribution < 1.29 is 4.74 Å². The molecule has 0 spiro atoms. The Bertz CT molecular complexity index is 697. The molecule has 0 saturated carbocycles. The summed E-state index contributed by atoms with van der Waals surface area (Å²) in [6.45, 7) is 1.71.